The van der Waals surface area contributed by atoms with Gasteiger partial charge in [-0.25, -0.2) is 0 Å². The molecule has 142 valence electrons. The highest BCUT2D eigenvalue weighted by Gasteiger charge is 2.13. The Morgan fingerprint density at radius 2 is 1.46 bits per heavy atom. The number of rotatable bonds is 6. The lowest BCUT2D eigenvalue weighted by Gasteiger charge is -2.15. The van der Waals surface area contributed by atoms with Crippen LogP contribution in [0.2, 0.25) is 0 Å². The van der Waals surface area contributed by atoms with Gasteiger partial charge in [0, 0.05) is 29.2 Å². The molecule has 3 aromatic rings. The molecule has 0 spiro atoms. The van der Waals surface area contributed by atoms with Gasteiger partial charge in [-0.1, -0.05) is 30.3 Å². The van der Waals surface area contributed by atoms with Gasteiger partial charge in [0.25, 0.3) is 5.91 Å². The number of amides is 1. The maximum Gasteiger partial charge on any atom is 0.255 e. The Labute approximate surface area is 166 Å². The van der Waals surface area contributed by atoms with E-state index < -0.39 is 0 Å². The van der Waals surface area contributed by atoms with Gasteiger partial charge in [0.05, 0.1) is 0 Å². The molecule has 0 bridgehead atoms. The molecule has 3 aromatic carbocycles. The molecule has 4 nitrogen and oxygen atoms in total. The number of hydrogen-bond acceptors (Lipinski definition) is 3. The Bertz CT molecular complexity index is 916. The standard InChI is InChI=1S/C24H25N3O/c28-24(20-8-6-7-19(17-20)18-27-15-4-5-16-27)26-23-13-11-22(12-14-23)25-21-9-2-1-3-10-21/h1-3,6-14,17,25H,4-5,15-16,18H2,(H,26,28). The molecule has 1 aliphatic rings. The van der Waals surface area contributed by atoms with Crippen molar-refractivity contribution in [2.45, 2.75) is 19.4 Å². The Hall–Kier alpha value is -3.11. The van der Waals surface area contributed by atoms with Crippen molar-refractivity contribution < 1.29 is 4.79 Å². The van der Waals surface area contributed by atoms with Crippen LogP contribution in [0.4, 0.5) is 17.1 Å². The third-order valence-electron chi connectivity index (χ3n) is 5.00. The summed E-state index contributed by atoms with van der Waals surface area (Å²) in [4.78, 5) is 15.1. The van der Waals surface area contributed by atoms with Gasteiger partial charge >= 0.3 is 0 Å². The first-order valence-corrected chi connectivity index (χ1v) is 9.81. The monoisotopic (exact) mass is 371 g/mol. The summed E-state index contributed by atoms with van der Waals surface area (Å²) in [6.07, 6.45) is 2.55. The van der Waals surface area contributed by atoms with Gasteiger partial charge in [-0.2, -0.15) is 0 Å². The van der Waals surface area contributed by atoms with Crippen molar-refractivity contribution in [2.24, 2.45) is 0 Å². The highest BCUT2D eigenvalue weighted by Crippen LogP contribution is 2.20. The number of benzene rings is 3. The van der Waals surface area contributed by atoms with Gasteiger partial charge in [0.15, 0.2) is 0 Å². The van der Waals surface area contributed by atoms with Crippen LogP contribution in [0.1, 0.15) is 28.8 Å². The van der Waals surface area contributed by atoms with Crippen LogP contribution < -0.4 is 10.6 Å². The van der Waals surface area contributed by atoms with Gasteiger partial charge in [0.1, 0.15) is 0 Å². The highest BCUT2D eigenvalue weighted by atomic mass is 16.1. The van der Waals surface area contributed by atoms with E-state index >= 15 is 0 Å². The average Bonchev–Trinajstić information content (AvgIpc) is 3.23. The number of likely N-dealkylation sites (tertiary alicyclic amines) is 1. The minimum atomic E-state index is -0.0768. The van der Waals surface area contributed by atoms with Crippen molar-refractivity contribution in [2.75, 3.05) is 23.7 Å². The van der Waals surface area contributed by atoms with Crippen LogP contribution in [-0.2, 0) is 6.54 Å². The molecule has 2 N–H and O–H groups in total. The predicted molar refractivity (Wildman–Crippen MR) is 115 cm³/mol. The molecule has 1 aliphatic heterocycles. The maximum absolute atomic E-state index is 12.6. The largest absolute Gasteiger partial charge is 0.356 e. The van der Waals surface area contributed by atoms with Gasteiger partial charge in [0.2, 0.25) is 0 Å². The van der Waals surface area contributed by atoms with Crippen molar-refractivity contribution in [1.82, 2.24) is 4.90 Å². The molecule has 0 unspecified atom stereocenters. The summed E-state index contributed by atoms with van der Waals surface area (Å²) in [6.45, 7) is 3.22. The molecule has 1 saturated heterocycles. The van der Waals surface area contributed by atoms with Crippen LogP contribution in [-0.4, -0.2) is 23.9 Å². The lowest BCUT2D eigenvalue weighted by molar-refractivity contribution is 0.102. The van der Waals surface area contributed by atoms with Crippen molar-refractivity contribution in [3.05, 3.63) is 90.0 Å². The van der Waals surface area contributed by atoms with E-state index in [0.29, 0.717) is 5.56 Å². The molecule has 0 radical (unpaired) electrons. The second kappa shape index (κ2) is 8.72. The number of anilines is 3. The van der Waals surface area contributed by atoms with E-state index in [1.807, 2.05) is 72.8 Å². The third-order valence-corrected chi connectivity index (χ3v) is 5.00. The molecule has 4 heteroatoms. The lowest BCUT2D eigenvalue weighted by atomic mass is 10.1. The predicted octanol–water partition coefficient (Wildman–Crippen LogP) is 5.28. The smallest absolute Gasteiger partial charge is 0.255 e. The van der Waals surface area contributed by atoms with Crippen LogP contribution in [0, 0.1) is 0 Å². The first-order valence-electron chi connectivity index (χ1n) is 9.81. The van der Waals surface area contributed by atoms with Crippen molar-refractivity contribution in [3.8, 4) is 0 Å². The molecule has 0 aliphatic carbocycles. The first-order chi connectivity index (χ1) is 13.8. The van der Waals surface area contributed by atoms with Crippen LogP contribution in [0.25, 0.3) is 0 Å². The maximum atomic E-state index is 12.6. The minimum absolute atomic E-state index is 0.0768. The normalized spacial score (nSPS) is 14.0. The average molecular weight is 371 g/mol. The number of hydrogen-bond donors (Lipinski definition) is 2. The molecule has 1 fully saturated rings. The summed E-state index contributed by atoms with van der Waals surface area (Å²) in [6, 6.07) is 25.7. The fourth-order valence-electron chi connectivity index (χ4n) is 3.54. The van der Waals surface area contributed by atoms with Gasteiger partial charge in [-0.15, -0.1) is 0 Å². The van der Waals surface area contributed by atoms with Crippen LogP contribution in [0.5, 0.6) is 0 Å². The number of nitrogens with one attached hydrogen (secondary N) is 2. The van der Waals surface area contributed by atoms with E-state index in [-0.39, 0.29) is 5.91 Å². The summed E-state index contributed by atoms with van der Waals surface area (Å²) in [5.74, 6) is -0.0768. The van der Waals surface area contributed by atoms with Crippen LogP contribution in [0.3, 0.4) is 0 Å². The van der Waals surface area contributed by atoms with Crippen LogP contribution in [0.15, 0.2) is 78.9 Å². The molecule has 1 heterocycles. The summed E-state index contributed by atoms with van der Waals surface area (Å²) in [7, 11) is 0. The number of nitrogens with zero attached hydrogens (tertiary/aromatic N) is 1. The minimum Gasteiger partial charge on any atom is -0.356 e. The quantitative estimate of drug-likeness (QED) is 0.620. The van der Waals surface area contributed by atoms with E-state index in [9.17, 15) is 4.79 Å². The Kier molecular flexibility index (Phi) is 5.69. The number of carbonyl (C=O) groups is 1. The third kappa shape index (κ3) is 4.78. The zero-order chi connectivity index (χ0) is 19.2. The van der Waals surface area contributed by atoms with Gasteiger partial charge in [-0.3, -0.25) is 9.69 Å². The zero-order valence-electron chi connectivity index (χ0n) is 15.9. The van der Waals surface area contributed by atoms with E-state index in [2.05, 4.69) is 21.6 Å². The van der Waals surface area contributed by atoms with Gasteiger partial charge in [-0.05, 0) is 80.0 Å². The summed E-state index contributed by atoms with van der Waals surface area (Å²) < 4.78 is 0. The molecule has 1 amide bonds. The molecular weight excluding hydrogens is 346 g/mol. The van der Waals surface area contributed by atoms with Crippen molar-refractivity contribution >= 4 is 23.0 Å². The van der Waals surface area contributed by atoms with Crippen LogP contribution >= 0.6 is 0 Å². The lowest BCUT2D eigenvalue weighted by Crippen LogP contribution is -2.19. The SMILES string of the molecule is O=C(Nc1ccc(Nc2ccccc2)cc1)c1cccc(CN2CCCC2)c1. The molecule has 28 heavy (non-hydrogen) atoms. The second-order valence-electron chi connectivity index (χ2n) is 7.21. The fraction of sp³-hybridized carbons (Fsp3) is 0.208. The molecule has 0 atom stereocenters. The fourth-order valence-corrected chi connectivity index (χ4v) is 3.54. The summed E-state index contributed by atoms with van der Waals surface area (Å²) in [5.41, 5.74) is 4.69. The van der Waals surface area contributed by atoms with E-state index in [1.165, 1.54) is 18.4 Å². The highest BCUT2D eigenvalue weighted by molar-refractivity contribution is 6.04. The zero-order valence-corrected chi connectivity index (χ0v) is 15.9. The Morgan fingerprint density at radius 1 is 0.786 bits per heavy atom. The van der Waals surface area contributed by atoms with Gasteiger partial charge < -0.3 is 10.6 Å². The van der Waals surface area contributed by atoms with Crippen molar-refractivity contribution in [1.29, 1.82) is 0 Å². The molecular formula is C24H25N3O. The summed E-state index contributed by atoms with van der Waals surface area (Å²) in [5, 5.41) is 6.33. The molecule has 0 aromatic heterocycles. The van der Waals surface area contributed by atoms with E-state index in [4.69, 9.17) is 0 Å². The molecule has 4 rings (SSSR count). The Balaban J connectivity index is 1.38. The van der Waals surface area contributed by atoms with E-state index in [0.717, 1.165) is 36.7 Å². The van der Waals surface area contributed by atoms with Crippen molar-refractivity contribution in [3.63, 3.8) is 0 Å². The Morgan fingerprint density at radius 3 is 2.21 bits per heavy atom. The summed E-state index contributed by atoms with van der Waals surface area (Å²) >= 11 is 0. The van der Waals surface area contributed by atoms with E-state index in [1.54, 1.807) is 0 Å². The number of para-hydroxylation sites is 1. The topological polar surface area (TPSA) is 44.4 Å². The second-order valence-corrected chi connectivity index (χ2v) is 7.21. The molecule has 0 saturated carbocycles. The number of carbonyl (C=O) groups excluding carboxylic acids is 1. The first kappa shape index (κ1) is 18.3.